The maximum atomic E-state index is 5.96. The summed E-state index contributed by atoms with van der Waals surface area (Å²) in [6.45, 7) is 4.37. The van der Waals surface area contributed by atoms with Crippen LogP contribution in [0.15, 0.2) is 30.5 Å². The number of thioether (sulfide) groups is 1. The van der Waals surface area contributed by atoms with Crippen LogP contribution in [0, 0.1) is 0 Å². The molecule has 3 N–H and O–H groups in total. The number of nitrogens with one attached hydrogen (secondary N) is 1. The Kier molecular flexibility index (Phi) is 4.31. The van der Waals surface area contributed by atoms with Crippen molar-refractivity contribution in [2.75, 3.05) is 22.6 Å². The molecular formula is C14H19N3S. The quantitative estimate of drug-likeness (QED) is 0.810. The smallest absolute Gasteiger partial charge is 0.0953 e. The topological polar surface area (TPSA) is 50.9 Å². The Morgan fingerprint density at radius 2 is 2.22 bits per heavy atom. The molecule has 0 fully saturated rings. The number of nitrogen functional groups attached to an aromatic ring is 1. The molecule has 1 heterocycles. The van der Waals surface area contributed by atoms with Crippen LogP contribution in [0.2, 0.25) is 0 Å². The summed E-state index contributed by atoms with van der Waals surface area (Å²) in [4.78, 5) is 4.43. The molecule has 4 heteroatoms. The Hall–Kier alpha value is -1.42. The van der Waals surface area contributed by atoms with Crippen LogP contribution < -0.4 is 11.1 Å². The van der Waals surface area contributed by atoms with Gasteiger partial charge in [-0.2, -0.15) is 11.8 Å². The second-order valence-corrected chi connectivity index (χ2v) is 5.63. The fourth-order valence-corrected chi connectivity index (χ4v) is 2.59. The van der Waals surface area contributed by atoms with Crippen molar-refractivity contribution in [1.29, 1.82) is 0 Å². The summed E-state index contributed by atoms with van der Waals surface area (Å²) in [7, 11) is 0. The van der Waals surface area contributed by atoms with Crippen molar-refractivity contribution >= 4 is 34.0 Å². The first kappa shape index (κ1) is 13.0. The lowest BCUT2D eigenvalue weighted by Gasteiger charge is -2.16. The highest BCUT2D eigenvalue weighted by Crippen LogP contribution is 2.26. The molecular weight excluding hydrogens is 242 g/mol. The number of hydrogen-bond donors (Lipinski definition) is 2. The van der Waals surface area contributed by atoms with Gasteiger partial charge in [-0.1, -0.05) is 6.92 Å². The Morgan fingerprint density at radius 3 is 3.00 bits per heavy atom. The van der Waals surface area contributed by atoms with E-state index in [1.54, 1.807) is 6.20 Å². The third kappa shape index (κ3) is 2.88. The van der Waals surface area contributed by atoms with Crippen molar-refractivity contribution in [2.24, 2.45) is 0 Å². The molecule has 2 aromatic rings. The van der Waals surface area contributed by atoms with Gasteiger partial charge in [0.1, 0.15) is 0 Å². The molecule has 0 aliphatic rings. The number of nitrogens with two attached hydrogens (primary N) is 1. The first-order valence-electron chi connectivity index (χ1n) is 6.20. The minimum Gasteiger partial charge on any atom is -0.398 e. The van der Waals surface area contributed by atoms with E-state index in [0.717, 1.165) is 33.8 Å². The lowest BCUT2D eigenvalue weighted by Crippen LogP contribution is -2.18. The van der Waals surface area contributed by atoms with Crippen molar-refractivity contribution in [3.63, 3.8) is 0 Å². The van der Waals surface area contributed by atoms with Gasteiger partial charge in [-0.3, -0.25) is 4.98 Å². The normalized spacial score (nSPS) is 12.6. The number of pyridine rings is 1. The van der Waals surface area contributed by atoms with E-state index in [0.29, 0.717) is 6.04 Å². The number of nitrogens with zero attached hydrogens (tertiary/aromatic N) is 1. The van der Waals surface area contributed by atoms with E-state index in [1.807, 2.05) is 36.0 Å². The molecule has 1 aromatic carbocycles. The zero-order valence-corrected chi connectivity index (χ0v) is 11.6. The Morgan fingerprint density at radius 1 is 1.39 bits per heavy atom. The summed E-state index contributed by atoms with van der Waals surface area (Å²) >= 11 is 1.94. The van der Waals surface area contributed by atoms with Crippen molar-refractivity contribution in [3.05, 3.63) is 30.5 Å². The van der Waals surface area contributed by atoms with Gasteiger partial charge in [0.2, 0.25) is 0 Å². The van der Waals surface area contributed by atoms with E-state index in [2.05, 4.69) is 24.1 Å². The third-order valence-electron chi connectivity index (χ3n) is 2.78. The monoisotopic (exact) mass is 261 g/mol. The summed E-state index contributed by atoms with van der Waals surface area (Å²) in [5.74, 6) is 2.24. The summed E-state index contributed by atoms with van der Waals surface area (Å²) in [6, 6.07) is 8.29. The summed E-state index contributed by atoms with van der Waals surface area (Å²) in [5, 5.41) is 4.52. The number of aromatic nitrogens is 1. The van der Waals surface area contributed by atoms with Gasteiger partial charge in [-0.15, -0.1) is 0 Å². The van der Waals surface area contributed by atoms with Crippen molar-refractivity contribution in [2.45, 2.75) is 19.9 Å². The van der Waals surface area contributed by atoms with Crippen LogP contribution in [-0.4, -0.2) is 22.5 Å². The third-order valence-corrected chi connectivity index (χ3v) is 3.92. The van der Waals surface area contributed by atoms with Gasteiger partial charge >= 0.3 is 0 Å². The van der Waals surface area contributed by atoms with Crippen LogP contribution >= 0.6 is 11.8 Å². The van der Waals surface area contributed by atoms with Crippen LogP contribution in [0.5, 0.6) is 0 Å². The number of benzene rings is 1. The van der Waals surface area contributed by atoms with Crippen LogP contribution in [0.3, 0.4) is 0 Å². The fourth-order valence-electron chi connectivity index (χ4n) is 1.91. The van der Waals surface area contributed by atoms with Crippen LogP contribution in [0.4, 0.5) is 11.4 Å². The molecule has 1 unspecified atom stereocenters. The number of anilines is 2. The zero-order valence-electron chi connectivity index (χ0n) is 10.8. The standard InChI is InChI=1S/C14H19N3S/c1-3-18-9-10(2)17-13-7-6-12(15)11-5-4-8-16-14(11)13/h4-8,10,17H,3,9,15H2,1-2H3. The van der Waals surface area contributed by atoms with Gasteiger partial charge in [0.15, 0.2) is 0 Å². The molecule has 0 aliphatic heterocycles. The molecule has 1 atom stereocenters. The maximum Gasteiger partial charge on any atom is 0.0953 e. The summed E-state index contributed by atoms with van der Waals surface area (Å²) in [6.07, 6.45) is 1.80. The lowest BCUT2D eigenvalue weighted by atomic mass is 10.1. The Balaban J connectivity index is 2.26. The molecule has 18 heavy (non-hydrogen) atoms. The molecule has 0 amide bonds. The van der Waals surface area contributed by atoms with Crippen molar-refractivity contribution in [3.8, 4) is 0 Å². The molecule has 0 aliphatic carbocycles. The first-order chi connectivity index (χ1) is 8.72. The molecule has 3 nitrogen and oxygen atoms in total. The minimum absolute atomic E-state index is 0.420. The zero-order chi connectivity index (χ0) is 13.0. The molecule has 0 bridgehead atoms. The Labute approximate surface area is 112 Å². The van der Waals surface area contributed by atoms with E-state index in [-0.39, 0.29) is 0 Å². The minimum atomic E-state index is 0.420. The summed E-state index contributed by atoms with van der Waals surface area (Å²) in [5.41, 5.74) is 8.75. The molecule has 1 aromatic heterocycles. The molecule has 2 rings (SSSR count). The molecule has 96 valence electrons. The maximum absolute atomic E-state index is 5.96. The van der Waals surface area contributed by atoms with Crippen molar-refractivity contribution in [1.82, 2.24) is 4.98 Å². The van der Waals surface area contributed by atoms with E-state index < -0.39 is 0 Å². The second-order valence-electron chi connectivity index (χ2n) is 4.31. The lowest BCUT2D eigenvalue weighted by molar-refractivity contribution is 0.914. The van der Waals surface area contributed by atoms with Gasteiger partial charge in [0, 0.05) is 29.1 Å². The molecule has 0 spiro atoms. The van der Waals surface area contributed by atoms with Crippen LogP contribution in [0.25, 0.3) is 10.9 Å². The first-order valence-corrected chi connectivity index (χ1v) is 7.35. The molecule has 0 saturated heterocycles. The highest BCUT2D eigenvalue weighted by molar-refractivity contribution is 7.99. The Bertz CT molecular complexity index is 527. The van der Waals surface area contributed by atoms with Crippen LogP contribution in [0.1, 0.15) is 13.8 Å². The van der Waals surface area contributed by atoms with Crippen LogP contribution in [-0.2, 0) is 0 Å². The number of rotatable bonds is 5. The predicted octanol–water partition coefficient (Wildman–Crippen LogP) is 3.37. The van der Waals surface area contributed by atoms with Gasteiger partial charge in [0.05, 0.1) is 11.2 Å². The predicted molar refractivity (Wildman–Crippen MR) is 82.2 cm³/mol. The van der Waals surface area contributed by atoms with Gasteiger partial charge in [-0.05, 0) is 36.9 Å². The average Bonchev–Trinajstić information content (AvgIpc) is 2.40. The number of hydrogen-bond acceptors (Lipinski definition) is 4. The van der Waals surface area contributed by atoms with E-state index >= 15 is 0 Å². The largest absolute Gasteiger partial charge is 0.398 e. The summed E-state index contributed by atoms with van der Waals surface area (Å²) < 4.78 is 0. The highest BCUT2D eigenvalue weighted by Gasteiger charge is 2.07. The molecule has 0 radical (unpaired) electrons. The number of fused-ring (bicyclic) bond motifs is 1. The van der Waals surface area contributed by atoms with Gasteiger partial charge in [-0.25, -0.2) is 0 Å². The van der Waals surface area contributed by atoms with E-state index in [4.69, 9.17) is 5.73 Å². The van der Waals surface area contributed by atoms with Gasteiger partial charge in [0.25, 0.3) is 0 Å². The van der Waals surface area contributed by atoms with E-state index in [1.165, 1.54) is 0 Å². The highest BCUT2D eigenvalue weighted by atomic mass is 32.2. The SMILES string of the molecule is CCSCC(C)Nc1ccc(N)c2cccnc12. The van der Waals surface area contributed by atoms with E-state index in [9.17, 15) is 0 Å². The van der Waals surface area contributed by atoms with Crippen molar-refractivity contribution < 1.29 is 0 Å². The van der Waals surface area contributed by atoms with Gasteiger partial charge < -0.3 is 11.1 Å². The molecule has 0 saturated carbocycles. The average molecular weight is 261 g/mol. The second kappa shape index (κ2) is 5.96. The fraction of sp³-hybridized carbons (Fsp3) is 0.357.